The summed E-state index contributed by atoms with van der Waals surface area (Å²) in [6.45, 7) is 6.51. The van der Waals surface area contributed by atoms with E-state index in [2.05, 4.69) is 4.98 Å². The minimum atomic E-state index is -3.73. The largest absolute Gasteiger partial charge is 0.330 e. The van der Waals surface area contributed by atoms with Crippen LogP contribution in [0.25, 0.3) is 0 Å². The summed E-state index contributed by atoms with van der Waals surface area (Å²) in [4.78, 5) is 3.99. The average molecular weight is 263 g/mol. The van der Waals surface area contributed by atoms with Gasteiger partial charge < -0.3 is 4.57 Å². The fourth-order valence-electron chi connectivity index (χ4n) is 1.27. The van der Waals surface area contributed by atoms with Crippen LogP contribution in [0.15, 0.2) is 22.9 Å². The van der Waals surface area contributed by atoms with Crippen molar-refractivity contribution in [1.82, 2.24) is 9.55 Å². The Hall–Kier alpha value is -0.810. The second-order valence-corrected chi connectivity index (χ2v) is 6.23. The molecule has 0 bridgehead atoms. The minimum Gasteiger partial charge on any atom is -0.330 e. The number of rotatable bonds is 4. The lowest BCUT2D eigenvalue weighted by molar-refractivity contribution is 0.606. The normalized spacial score (nSPS) is 11.5. The van der Waals surface area contributed by atoms with E-state index < -0.39 is 9.05 Å². The van der Waals surface area contributed by atoms with E-state index in [1.54, 1.807) is 4.57 Å². The van der Waals surface area contributed by atoms with Gasteiger partial charge in [0.1, 0.15) is 5.82 Å². The number of allylic oxidation sites excluding steroid dienone is 2. The number of imidazole rings is 1. The van der Waals surface area contributed by atoms with E-state index in [0.29, 0.717) is 13.0 Å². The predicted molar refractivity (Wildman–Crippen MR) is 64.1 cm³/mol. The van der Waals surface area contributed by atoms with Crippen molar-refractivity contribution >= 4 is 19.7 Å². The van der Waals surface area contributed by atoms with Gasteiger partial charge in [-0.25, -0.2) is 13.4 Å². The van der Waals surface area contributed by atoms with Crippen LogP contribution in [0, 0.1) is 0 Å². The van der Waals surface area contributed by atoms with Gasteiger partial charge in [0, 0.05) is 29.8 Å². The molecule has 0 unspecified atom stereocenters. The second-order valence-electron chi connectivity index (χ2n) is 3.72. The Balaban J connectivity index is 3.10. The molecule has 16 heavy (non-hydrogen) atoms. The molecule has 0 aromatic carbocycles. The van der Waals surface area contributed by atoms with Crippen molar-refractivity contribution in [2.75, 3.05) is 0 Å². The number of aryl methyl sites for hydroxylation is 1. The molecule has 6 heteroatoms. The van der Waals surface area contributed by atoms with Crippen molar-refractivity contribution in [2.45, 2.75) is 38.8 Å². The van der Waals surface area contributed by atoms with Crippen LogP contribution >= 0.6 is 10.7 Å². The molecule has 1 heterocycles. The fourth-order valence-corrected chi connectivity index (χ4v) is 1.96. The molecule has 0 N–H and O–H groups in total. The zero-order valence-corrected chi connectivity index (χ0v) is 11.1. The van der Waals surface area contributed by atoms with Gasteiger partial charge in [-0.2, -0.15) is 0 Å². The molecule has 0 aliphatic heterocycles. The van der Waals surface area contributed by atoms with Gasteiger partial charge >= 0.3 is 0 Å². The lowest BCUT2D eigenvalue weighted by atomic mass is 10.3. The molecule has 1 rings (SSSR count). The maximum Gasteiger partial charge on any atom is 0.280 e. The van der Waals surface area contributed by atoms with E-state index in [4.69, 9.17) is 10.7 Å². The number of nitrogens with zero attached hydrogens (tertiary/aromatic N) is 2. The van der Waals surface area contributed by atoms with Crippen molar-refractivity contribution in [3.63, 3.8) is 0 Å². The van der Waals surface area contributed by atoms with Crippen LogP contribution in [-0.4, -0.2) is 18.0 Å². The molecule has 1 aromatic rings. The van der Waals surface area contributed by atoms with E-state index >= 15 is 0 Å². The molecule has 90 valence electrons. The van der Waals surface area contributed by atoms with E-state index in [1.165, 1.54) is 11.8 Å². The first-order chi connectivity index (χ1) is 7.34. The number of hydrogen-bond donors (Lipinski definition) is 0. The van der Waals surface area contributed by atoms with Crippen LogP contribution in [0.2, 0.25) is 0 Å². The summed E-state index contributed by atoms with van der Waals surface area (Å²) in [6, 6.07) is 0. The van der Waals surface area contributed by atoms with Gasteiger partial charge in [0.05, 0.1) is 0 Å². The third kappa shape index (κ3) is 3.35. The first kappa shape index (κ1) is 13.3. The smallest absolute Gasteiger partial charge is 0.280 e. The standard InChI is InChI=1S/C10H15ClN2O2S/c1-4-9-12-10(16(11,14)15)7-13(9)6-5-8(2)3/h5,7H,4,6H2,1-3H3. The van der Waals surface area contributed by atoms with Gasteiger partial charge in [-0.15, -0.1) is 0 Å². The summed E-state index contributed by atoms with van der Waals surface area (Å²) in [6.07, 6.45) is 4.15. The molecule has 0 spiro atoms. The van der Waals surface area contributed by atoms with E-state index in [1.807, 2.05) is 26.8 Å². The third-order valence-corrected chi connectivity index (χ3v) is 3.27. The van der Waals surface area contributed by atoms with Gasteiger partial charge in [0.15, 0.2) is 5.03 Å². The molecule has 0 aliphatic rings. The maximum atomic E-state index is 11.1. The molecular formula is C10H15ClN2O2S. The minimum absolute atomic E-state index is 0.0758. The summed E-state index contributed by atoms with van der Waals surface area (Å²) in [7, 11) is 1.51. The third-order valence-electron chi connectivity index (χ3n) is 2.10. The SMILES string of the molecule is CCc1nc(S(=O)(=O)Cl)cn1CC=C(C)C. The van der Waals surface area contributed by atoms with Crippen LogP contribution in [0.5, 0.6) is 0 Å². The summed E-state index contributed by atoms with van der Waals surface area (Å²) in [5.41, 5.74) is 1.17. The lowest BCUT2D eigenvalue weighted by Crippen LogP contribution is -1.99. The van der Waals surface area contributed by atoms with Gasteiger partial charge in [-0.3, -0.25) is 0 Å². The topological polar surface area (TPSA) is 52.0 Å². The van der Waals surface area contributed by atoms with Gasteiger partial charge in [0.2, 0.25) is 0 Å². The number of halogens is 1. The maximum absolute atomic E-state index is 11.1. The molecule has 4 nitrogen and oxygen atoms in total. The Morgan fingerprint density at radius 3 is 2.62 bits per heavy atom. The first-order valence-corrected chi connectivity index (χ1v) is 7.29. The first-order valence-electron chi connectivity index (χ1n) is 4.98. The molecule has 0 aliphatic carbocycles. The van der Waals surface area contributed by atoms with Crippen LogP contribution < -0.4 is 0 Å². The highest BCUT2D eigenvalue weighted by atomic mass is 35.7. The molecular weight excluding hydrogens is 248 g/mol. The zero-order valence-electron chi connectivity index (χ0n) is 9.57. The van der Waals surface area contributed by atoms with Crippen molar-refractivity contribution in [3.8, 4) is 0 Å². The van der Waals surface area contributed by atoms with Gasteiger partial charge in [-0.05, 0) is 13.8 Å². The molecule has 0 fully saturated rings. The molecule has 0 radical (unpaired) electrons. The molecule has 0 saturated heterocycles. The van der Waals surface area contributed by atoms with E-state index in [-0.39, 0.29) is 5.03 Å². The molecule has 0 atom stereocenters. The van der Waals surface area contributed by atoms with Crippen LogP contribution in [0.4, 0.5) is 0 Å². The van der Waals surface area contributed by atoms with Crippen molar-refractivity contribution < 1.29 is 8.42 Å². The summed E-state index contributed by atoms with van der Waals surface area (Å²) in [5, 5.41) is -0.0758. The molecule has 0 amide bonds. The Labute approximate surface area is 100 Å². The van der Waals surface area contributed by atoms with E-state index in [0.717, 1.165) is 5.82 Å². The molecule has 1 aromatic heterocycles. The Kier molecular flexibility index (Phi) is 4.15. The highest BCUT2D eigenvalue weighted by Gasteiger charge is 2.16. The Bertz CT molecular complexity index is 499. The van der Waals surface area contributed by atoms with Crippen LogP contribution in [-0.2, 0) is 22.0 Å². The van der Waals surface area contributed by atoms with Crippen molar-refractivity contribution in [1.29, 1.82) is 0 Å². The lowest BCUT2D eigenvalue weighted by Gasteiger charge is -2.01. The second kappa shape index (κ2) is 5.01. The summed E-state index contributed by atoms with van der Waals surface area (Å²) < 4.78 is 24.0. The highest BCUT2D eigenvalue weighted by molar-refractivity contribution is 8.13. The van der Waals surface area contributed by atoms with Crippen molar-refractivity contribution in [2.24, 2.45) is 0 Å². The Morgan fingerprint density at radius 2 is 2.19 bits per heavy atom. The zero-order chi connectivity index (χ0) is 12.3. The summed E-state index contributed by atoms with van der Waals surface area (Å²) >= 11 is 0. The van der Waals surface area contributed by atoms with Crippen molar-refractivity contribution in [3.05, 3.63) is 23.7 Å². The van der Waals surface area contributed by atoms with Crippen LogP contribution in [0.3, 0.4) is 0 Å². The number of hydrogen-bond acceptors (Lipinski definition) is 3. The average Bonchev–Trinajstić information content (AvgIpc) is 2.56. The predicted octanol–water partition coefficient (Wildman–Crippen LogP) is 2.34. The number of aromatic nitrogens is 2. The molecule has 0 saturated carbocycles. The van der Waals surface area contributed by atoms with Gasteiger partial charge in [-0.1, -0.05) is 18.6 Å². The fraction of sp³-hybridized carbons (Fsp3) is 0.500. The monoisotopic (exact) mass is 262 g/mol. The van der Waals surface area contributed by atoms with E-state index in [9.17, 15) is 8.42 Å². The van der Waals surface area contributed by atoms with Crippen LogP contribution in [0.1, 0.15) is 26.6 Å². The van der Waals surface area contributed by atoms with Gasteiger partial charge in [0.25, 0.3) is 9.05 Å². The highest BCUT2D eigenvalue weighted by Crippen LogP contribution is 2.15. The Morgan fingerprint density at radius 1 is 1.56 bits per heavy atom. The summed E-state index contributed by atoms with van der Waals surface area (Å²) in [5.74, 6) is 0.719. The quantitative estimate of drug-likeness (QED) is 0.618.